The average Bonchev–Trinajstić information content (AvgIpc) is 2.65. The van der Waals surface area contributed by atoms with Crippen LogP contribution in [0.25, 0.3) is 0 Å². The third-order valence-electron chi connectivity index (χ3n) is 3.79. The van der Waals surface area contributed by atoms with E-state index in [9.17, 15) is 13.2 Å². The zero-order chi connectivity index (χ0) is 19.9. The van der Waals surface area contributed by atoms with Crippen LogP contribution in [0.4, 0.5) is 0 Å². The number of hydrogen-bond acceptors (Lipinski definition) is 4. The van der Waals surface area contributed by atoms with Crippen LogP contribution in [0, 0.1) is 0 Å². The largest absolute Gasteiger partial charge is 0.484 e. The summed E-state index contributed by atoms with van der Waals surface area (Å²) in [5, 5.41) is 2.86. The van der Waals surface area contributed by atoms with Crippen molar-refractivity contribution in [2.45, 2.75) is 31.2 Å². The molecule has 8 heteroatoms. The van der Waals surface area contributed by atoms with Gasteiger partial charge >= 0.3 is 0 Å². The minimum Gasteiger partial charge on any atom is -0.484 e. The molecule has 0 aliphatic carbocycles. The molecular weight excluding hydrogens is 432 g/mol. The minimum absolute atomic E-state index is 0.147. The molecule has 0 saturated carbocycles. The Labute approximate surface area is 168 Å². The van der Waals surface area contributed by atoms with Crippen molar-refractivity contribution in [3.8, 4) is 5.75 Å². The first-order valence-corrected chi connectivity index (χ1v) is 10.9. The lowest BCUT2D eigenvalue weighted by Crippen LogP contribution is -2.31. The van der Waals surface area contributed by atoms with Crippen LogP contribution >= 0.6 is 15.9 Å². The molecule has 0 heterocycles. The Kier molecular flexibility index (Phi) is 7.82. The molecule has 0 spiro atoms. The molecule has 2 aromatic rings. The summed E-state index contributed by atoms with van der Waals surface area (Å²) in [4.78, 5) is 12.2. The van der Waals surface area contributed by atoms with E-state index in [4.69, 9.17) is 4.74 Å². The summed E-state index contributed by atoms with van der Waals surface area (Å²) in [5.74, 6) is 0.169. The lowest BCUT2D eigenvalue weighted by molar-refractivity contribution is -0.123. The van der Waals surface area contributed by atoms with Crippen LogP contribution in [0.15, 0.2) is 57.9 Å². The Morgan fingerprint density at radius 1 is 1.11 bits per heavy atom. The van der Waals surface area contributed by atoms with Crippen molar-refractivity contribution < 1.29 is 17.9 Å². The highest BCUT2D eigenvalue weighted by Gasteiger charge is 2.13. The van der Waals surface area contributed by atoms with Crippen molar-refractivity contribution in [1.82, 2.24) is 10.0 Å². The number of sulfonamides is 1. The van der Waals surface area contributed by atoms with Gasteiger partial charge < -0.3 is 10.1 Å². The summed E-state index contributed by atoms with van der Waals surface area (Å²) in [6, 6.07) is 13.5. The molecule has 0 unspecified atom stereocenters. The number of benzene rings is 2. The van der Waals surface area contributed by atoms with Crippen LogP contribution in [-0.4, -0.2) is 27.5 Å². The Hall–Kier alpha value is -1.90. The van der Waals surface area contributed by atoms with E-state index < -0.39 is 10.0 Å². The Morgan fingerprint density at radius 2 is 1.74 bits per heavy atom. The molecular formula is C19H23BrN2O4S. The molecule has 0 saturated heterocycles. The molecule has 0 aliphatic heterocycles. The Morgan fingerprint density at radius 3 is 2.33 bits per heavy atom. The molecule has 0 aromatic heterocycles. The summed E-state index contributed by atoms with van der Waals surface area (Å²) in [6.45, 7) is 4.02. The number of carbonyl (C=O) groups is 1. The first-order valence-electron chi connectivity index (χ1n) is 8.59. The summed E-state index contributed by atoms with van der Waals surface area (Å²) in [6.07, 6.45) is 0.716. The molecule has 27 heavy (non-hydrogen) atoms. The highest BCUT2D eigenvalue weighted by atomic mass is 79.9. The van der Waals surface area contributed by atoms with Gasteiger partial charge in [-0.25, -0.2) is 13.1 Å². The summed E-state index contributed by atoms with van der Waals surface area (Å²) < 4.78 is 33.0. The van der Waals surface area contributed by atoms with Gasteiger partial charge in [0.1, 0.15) is 5.75 Å². The molecule has 146 valence electrons. The fraction of sp³-hybridized carbons (Fsp3) is 0.316. The molecule has 1 amide bonds. The van der Waals surface area contributed by atoms with E-state index in [0.717, 1.165) is 10.0 Å². The van der Waals surface area contributed by atoms with E-state index in [1.54, 1.807) is 0 Å². The van der Waals surface area contributed by atoms with Gasteiger partial charge in [-0.1, -0.05) is 35.0 Å². The van der Waals surface area contributed by atoms with Crippen molar-refractivity contribution in [3.63, 3.8) is 0 Å². The zero-order valence-corrected chi connectivity index (χ0v) is 17.6. The van der Waals surface area contributed by atoms with Crippen molar-refractivity contribution in [3.05, 3.63) is 58.6 Å². The average molecular weight is 455 g/mol. The quantitative estimate of drug-likeness (QED) is 0.607. The van der Waals surface area contributed by atoms with Crippen molar-refractivity contribution >= 4 is 31.9 Å². The van der Waals surface area contributed by atoms with E-state index in [2.05, 4.69) is 26.0 Å². The van der Waals surface area contributed by atoms with E-state index in [1.165, 1.54) is 24.3 Å². The standard InChI is InChI=1S/C19H23BrN2O4S/c1-3-12-21-27(24,25)18-10-8-17(9-11-18)26-13-19(23)22-14(2)15-4-6-16(20)7-5-15/h4-11,14,21H,3,12-13H2,1-2H3,(H,22,23)/t14-/m0/s1. The summed E-state index contributed by atoms with van der Waals surface area (Å²) in [5.41, 5.74) is 0.987. The van der Waals surface area contributed by atoms with Crippen LogP contribution in [0.3, 0.4) is 0 Å². The van der Waals surface area contributed by atoms with Gasteiger partial charge in [0, 0.05) is 11.0 Å². The maximum Gasteiger partial charge on any atom is 0.258 e. The molecule has 0 aliphatic rings. The van der Waals surface area contributed by atoms with Crippen LogP contribution in [0.2, 0.25) is 0 Å². The van der Waals surface area contributed by atoms with Crippen LogP contribution in [0.1, 0.15) is 31.9 Å². The Balaban J connectivity index is 1.87. The number of hydrogen-bond donors (Lipinski definition) is 2. The predicted molar refractivity (Wildman–Crippen MR) is 108 cm³/mol. The Bertz CT molecular complexity index is 852. The number of nitrogens with one attached hydrogen (secondary N) is 2. The monoisotopic (exact) mass is 454 g/mol. The first-order chi connectivity index (χ1) is 12.8. The minimum atomic E-state index is -3.51. The van der Waals surface area contributed by atoms with Gasteiger partial charge in [-0.2, -0.15) is 0 Å². The second-order valence-electron chi connectivity index (χ2n) is 6.00. The van der Waals surface area contributed by atoms with Crippen LogP contribution in [-0.2, 0) is 14.8 Å². The van der Waals surface area contributed by atoms with Crippen molar-refractivity contribution in [2.75, 3.05) is 13.2 Å². The molecule has 2 aromatic carbocycles. The van der Waals surface area contributed by atoms with Crippen LogP contribution < -0.4 is 14.8 Å². The van der Waals surface area contributed by atoms with Crippen molar-refractivity contribution in [2.24, 2.45) is 0 Å². The van der Waals surface area contributed by atoms with E-state index in [0.29, 0.717) is 18.7 Å². The van der Waals surface area contributed by atoms with Crippen LogP contribution in [0.5, 0.6) is 5.75 Å². The molecule has 1 atom stereocenters. The van der Waals surface area contributed by atoms with Gasteiger partial charge in [0.25, 0.3) is 5.91 Å². The SMILES string of the molecule is CCCNS(=O)(=O)c1ccc(OCC(=O)N[C@@H](C)c2ccc(Br)cc2)cc1. The summed E-state index contributed by atoms with van der Waals surface area (Å²) in [7, 11) is -3.51. The van der Waals surface area contributed by atoms with Gasteiger partial charge in [0.15, 0.2) is 6.61 Å². The second-order valence-corrected chi connectivity index (χ2v) is 8.68. The highest BCUT2D eigenvalue weighted by molar-refractivity contribution is 9.10. The molecule has 6 nitrogen and oxygen atoms in total. The number of carbonyl (C=O) groups excluding carboxylic acids is 1. The van der Waals surface area contributed by atoms with E-state index >= 15 is 0 Å². The maximum absolute atomic E-state index is 12.1. The molecule has 2 N–H and O–H groups in total. The second kappa shape index (κ2) is 9.87. The van der Waals surface area contributed by atoms with Gasteiger partial charge in [0.2, 0.25) is 10.0 Å². The van der Waals surface area contributed by atoms with Gasteiger partial charge in [-0.3, -0.25) is 4.79 Å². The topological polar surface area (TPSA) is 84.5 Å². The highest BCUT2D eigenvalue weighted by Crippen LogP contribution is 2.17. The molecule has 0 fully saturated rings. The van der Waals surface area contributed by atoms with Gasteiger partial charge in [-0.05, 0) is 55.3 Å². The number of rotatable bonds is 9. The fourth-order valence-corrected chi connectivity index (χ4v) is 3.70. The predicted octanol–water partition coefficient (Wildman–Crippen LogP) is 3.39. The van der Waals surface area contributed by atoms with E-state index in [-0.39, 0.29) is 23.5 Å². The molecule has 0 bridgehead atoms. The third-order valence-corrected chi connectivity index (χ3v) is 5.80. The van der Waals surface area contributed by atoms with Gasteiger partial charge in [0.05, 0.1) is 10.9 Å². The molecule has 0 radical (unpaired) electrons. The normalized spacial score (nSPS) is 12.4. The number of ether oxygens (including phenoxy) is 1. The third kappa shape index (κ3) is 6.64. The number of amides is 1. The fourth-order valence-electron chi connectivity index (χ4n) is 2.30. The summed E-state index contributed by atoms with van der Waals surface area (Å²) >= 11 is 3.38. The first kappa shape index (κ1) is 21.4. The van der Waals surface area contributed by atoms with E-state index in [1.807, 2.05) is 38.1 Å². The zero-order valence-electron chi connectivity index (χ0n) is 15.2. The number of halogens is 1. The maximum atomic E-state index is 12.1. The van der Waals surface area contributed by atoms with Crippen molar-refractivity contribution in [1.29, 1.82) is 0 Å². The van der Waals surface area contributed by atoms with Gasteiger partial charge in [-0.15, -0.1) is 0 Å². The smallest absolute Gasteiger partial charge is 0.258 e. The molecule has 2 rings (SSSR count). The lowest BCUT2D eigenvalue weighted by atomic mass is 10.1. The lowest BCUT2D eigenvalue weighted by Gasteiger charge is -2.15.